The number of phenolic OH excluding ortho intramolecular Hbond substituents is 1. The number of hydrazone groups is 1. The number of hydrogen-bond donors (Lipinski definition) is 2. The molecule has 0 atom stereocenters. The summed E-state index contributed by atoms with van der Waals surface area (Å²) in [7, 11) is 0. The number of aromatic hydroxyl groups is 1. The fourth-order valence-electron chi connectivity index (χ4n) is 4.24. The lowest BCUT2D eigenvalue weighted by atomic mass is 10.0. The third kappa shape index (κ3) is 4.55. The summed E-state index contributed by atoms with van der Waals surface area (Å²) < 4.78 is 39.2. The lowest BCUT2D eigenvalue weighted by Gasteiger charge is -2.19. The summed E-state index contributed by atoms with van der Waals surface area (Å²) in [5, 5.41) is 16.0. The van der Waals surface area contributed by atoms with E-state index in [9.17, 15) is 23.1 Å². The molecule has 1 heterocycles. The summed E-state index contributed by atoms with van der Waals surface area (Å²) in [6, 6.07) is 21.3. The summed E-state index contributed by atoms with van der Waals surface area (Å²) in [4.78, 5) is 14.5. The van der Waals surface area contributed by atoms with Crippen LogP contribution in [-0.2, 0) is 19.3 Å². The molecule has 0 spiro atoms. The number of hydrogen-bond acceptors (Lipinski definition) is 4. The Morgan fingerprint density at radius 3 is 2.57 bits per heavy atom. The van der Waals surface area contributed by atoms with E-state index in [1.165, 1.54) is 12.3 Å². The average Bonchev–Trinajstić information content (AvgIpc) is 3.28. The van der Waals surface area contributed by atoms with Crippen LogP contribution < -0.4 is 10.3 Å². The SMILES string of the molecule is O=C(N/N=C/c1c(O)ccc2ccccc12)c1ccc2c(c1)CN(c1cccc(C(F)(F)F)c1)C2. The number of alkyl halides is 3. The van der Waals surface area contributed by atoms with Gasteiger partial charge in [-0.1, -0.05) is 42.5 Å². The molecule has 0 fully saturated rings. The van der Waals surface area contributed by atoms with Gasteiger partial charge in [-0.25, -0.2) is 5.43 Å². The number of phenols is 1. The van der Waals surface area contributed by atoms with Crippen molar-refractivity contribution in [1.82, 2.24) is 5.43 Å². The smallest absolute Gasteiger partial charge is 0.416 e. The molecule has 176 valence electrons. The molecule has 0 unspecified atom stereocenters. The molecule has 2 N–H and O–H groups in total. The highest BCUT2D eigenvalue weighted by atomic mass is 19.4. The van der Waals surface area contributed by atoms with E-state index in [2.05, 4.69) is 10.5 Å². The van der Waals surface area contributed by atoms with E-state index in [4.69, 9.17) is 0 Å². The monoisotopic (exact) mass is 475 g/mol. The molecule has 4 aromatic carbocycles. The highest BCUT2D eigenvalue weighted by Gasteiger charge is 2.31. The predicted molar refractivity (Wildman–Crippen MR) is 128 cm³/mol. The summed E-state index contributed by atoms with van der Waals surface area (Å²) >= 11 is 0. The van der Waals surface area contributed by atoms with Crippen molar-refractivity contribution in [2.45, 2.75) is 19.3 Å². The van der Waals surface area contributed by atoms with Gasteiger partial charge in [0, 0.05) is 29.9 Å². The Hall–Kier alpha value is -4.33. The Morgan fingerprint density at radius 2 is 1.74 bits per heavy atom. The maximum absolute atomic E-state index is 13.1. The minimum absolute atomic E-state index is 0.0499. The lowest BCUT2D eigenvalue weighted by molar-refractivity contribution is -0.137. The Balaban J connectivity index is 1.30. The molecule has 0 aromatic heterocycles. The van der Waals surface area contributed by atoms with Crippen molar-refractivity contribution in [3.63, 3.8) is 0 Å². The van der Waals surface area contributed by atoms with Crippen molar-refractivity contribution in [1.29, 1.82) is 0 Å². The second kappa shape index (κ2) is 8.79. The predicted octanol–water partition coefficient (Wildman–Crippen LogP) is 5.85. The fourth-order valence-corrected chi connectivity index (χ4v) is 4.24. The first-order valence-electron chi connectivity index (χ1n) is 10.9. The Morgan fingerprint density at radius 1 is 0.943 bits per heavy atom. The van der Waals surface area contributed by atoms with E-state index in [1.807, 2.05) is 29.2 Å². The molecule has 8 heteroatoms. The molecule has 0 radical (unpaired) electrons. The number of nitrogens with one attached hydrogen (secondary N) is 1. The first kappa shape index (κ1) is 22.5. The van der Waals surface area contributed by atoms with Crippen molar-refractivity contribution in [2.24, 2.45) is 5.10 Å². The van der Waals surface area contributed by atoms with Crippen LogP contribution in [0.2, 0.25) is 0 Å². The summed E-state index contributed by atoms with van der Waals surface area (Å²) in [5.74, 6) is -0.379. The van der Waals surface area contributed by atoms with E-state index in [-0.39, 0.29) is 5.75 Å². The van der Waals surface area contributed by atoms with Gasteiger partial charge in [0.1, 0.15) is 5.75 Å². The van der Waals surface area contributed by atoms with Crippen LogP contribution in [0.3, 0.4) is 0 Å². The van der Waals surface area contributed by atoms with Gasteiger partial charge < -0.3 is 10.0 Å². The molecular weight excluding hydrogens is 455 g/mol. The summed E-state index contributed by atoms with van der Waals surface area (Å²) in [6.07, 6.45) is -3.00. The van der Waals surface area contributed by atoms with Crippen LogP contribution in [0.15, 0.2) is 84.0 Å². The average molecular weight is 475 g/mol. The van der Waals surface area contributed by atoms with Crippen LogP contribution in [0.5, 0.6) is 5.75 Å². The van der Waals surface area contributed by atoms with Gasteiger partial charge in [-0.2, -0.15) is 18.3 Å². The fraction of sp³-hybridized carbons (Fsp3) is 0.111. The van der Waals surface area contributed by atoms with Crippen LogP contribution in [0.25, 0.3) is 10.8 Å². The number of benzene rings is 4. The third-order valence-corrected chi connectivity index (χ3v) is 6.04. The zero-order valence-corrected chi connectivity index (χ0v) is 18.4. The van der Waals surface area contributed by atoms with E-state index >= 15 is 0 Å². The van der Waals surface area contributed by atoms with Crippen LogP contribution in [0, 0.1) is 0 Å². The highest BCUT2D eigenvalue weighted by molar-refractivity contribution is 6.03. The van der Waals surface area contributed by atoms with Crippen molar-refractivity contribution in [2.75, 3.05) is 4.90 Å². The van der Waals surface area contributed by atoms with Gasteiger partial charge in [0.15, 0.2) is 0 Å². The van der Waals surface area contributed by atoms with Gasteiger partial charge >= 0.3 is 6.18 Å². The minimum atomic E-state index is -4.41. The highest BCUT2D eigenvalue weighted by Crippen LogP contribution is 2.34. The number of anilines is 1. The minimum Gasteiger partial charge on any atom is -0.507 e. The second-order valence-corrected chi connectivity index (χ2v) is 8.31. The zero-order valence-electron chi connectivity index (χ0n) is 18.4. The number of fused-ring (bicyclic) bond motifs is 2. The number of nitrogens with zero attached hydrogens (tertiary/aromatic N) is 2. The number of rotatable bonds is 4. The standard InChI is InChI=1S/C27H20F3N3O2/c28-27(29,30)21-5-3-6-22(13-21)33-15-19-9-8-18(12-20(19)16-33)26(35)32-31-14-24-23-7-2-1-4-17(23)10-11-25(24)34/h1-14,34H,15-16H2,(H,32,35)/b31-14+. The van der Waals surface area contributed by atoms with Gasteiger partial charge in [0.2, 0.25) is 0 Å². The summed E-state index contributed by atoms with van der Waals surface area (Å²) in [6.45, 7) is 0.849. The maximum atomic E-state index is 13.1. The third-order valence-electron chi connectivity index (χ3n) is 6.04. The largest absolute Gasteiger partial charge is 0.507 e. The van der Waals surface area contributed by atoms with Crippen LogP contribution in [0.4, 0.5) is 18.9 Å². The van der Waals surface area contributed by atoms with Crippen LogP contribution >= 0.6 is 0 Å². The van der Waals surface area contributed by atoms with Gasteiger partial charge in [-0.15, -0.1) is 0 Å². The van der Waals surface area contributed by atoms with E-state index < -0.39 is 17.6 Å². The molecule has 0 aliphatic carbocycles. The van der Waals surface area contributed by atoms with Gasteiger partial charge in [-0.05, 0) is 58.3 Å². The number of carbonyl (C=O) groups is 1. The number of amides is 1. The molecule has 0 saturated carbocycles. The first-order chi connectivity index (χ1) is 16.8. The van der Waals surface area contributed by atoms with Crippen molar-refractivity contribution in [3.05, 3.63) is 107 Å². The Kier molecular flexibility index (Phi) is 5.64. The molecule has 0 saturated heterocycles. The molecule has 1 amide bonds. The normalized spacial score (nSPS) is 13.4. The van der Waals surface area contributed by atoms with E-state index in [0.29, 0.717) is 29.9 Å². The Bertz CT molecular complexity index is 1460. The van der Waals surface area contributed by atoms with Crippen LogP contribution in [-0.4, -0.2) is 17.2 Å². The molecule has 35 heavy (non-hydrogen) atoms. The lowest BCUT2D eigenvalue weighted by Crippen LogP contribution is -2.18. The van der Waals surface area contributed by atoms with Crippen molar-refractivity contribution >= 4 is 28.6 Å². The molecule has 0 bridgehead atoms. The molecule has 1 aliphatic rings. The molecule has 5 rings (SSSR count). The number of halogens is 3. The number of carbonyl (C=O) groups excluding carboxylic acids is 1. The van der Waals surface area contributed by atoms with Crippen molar-refractivity contribution < 1.29 is 23.1 Å². The van der Waals surface area contributed by atoms with Gasteiger partial charge in [0.05, 0.1) is 11.8 Å². The van der Waals surface area contributed by atoms with Gasteiger partial charge in [-0.3, -0.25) is 4.79 Å². The molecule has 5 nitrogen and oxygen atoms in total. The van der Waals surface area contributed by atoms with E-state index in [0.717, 1.165) is 34.0 Å². The molecular formula is C27H20F3N3O2. The maximum Gasteiger partial charge on any atom is 0.416 e. The summed E-state index contributed by atoms with van der Waals surface area (Å²) in [5.41, 5.74) is 4.95. The van der Waals surface area contributed by atoms with Gasteiger partial charge in [0.25, 0.3) is 5.91 Å². The molecule has 1 aliphatic heterocycles. The van der Waals surface area contributed by atoms with Crippen LogP contribution in [0.1, 0.15) is 32.6 Å². The Labute approximate surface area is 199 Å². The van der Waals surface area contributed by atoms with E-state index in [1.54, 1.807) is 36.4 Å². The topological polar surface area (TPSA) is 64.9 Å². The first-order valence-corrected chi connectivity index (χ1v) is 10.9. The second-order valence-electron chi connectivity index (χ2n) is 8.31. The molecule has 4 aromatic rings. The zero-order chi connectivity index (χ0) is 24.6. The van der Waals surface area contributed by atoms with Crippen molar-refractivity contribution in [3.8, 4) is 5.75 Å². The quantitative estimate of drug-likeness (QED) is 0.288.